The highest BCUT2D eigenvalue weighted by Gasteiger charge is 2.34. The Labute approximate surface area is 149 Å². The van der Waals surface area contributed by atoms with Crippen molar-refractivity contribution in [1.82, 2.24) is 10.6 Å². The molecule has 1 unspecified atom stereocenters. The van der Waals surface area contributed by atoms with Crippen LogP contribution >= 0.6 is 0 Å². The van der Waals surface area contributed by atoms with Gasteiger partial charge in [-0.05, 0) is 31.0 Å². The number of carbonyl (C=O) groups excluding carboxylic acids is 2. The SMILES string of the molecule is CCCC(C)(NC(=O)c1ccc(CNC(=O)C(C)(C)C)cc1)C(=O)O. The second-order valence-corrected chi connectivity index (χ2v) is 7.47. The summed E-state index contributed by atoms with van der Waals surface area (Å²) in [4.78, 5) is 35.6. The van der Waals surface area contributed by atoms with Crippen LogP contribution in [0.4, 0.5) is 0 Å². The van der Waals surface area contributed by atoms with Gasteiger partial charge < -0.3 is 15.7 Å². The van der Waals surface area contributed by atoms with Gasteiger partial charge in [-0.1, -0.05) is 46.2 Å². The summed E-state index contributed by atoms with van der Waals surface area (Å²) in [5.41, 5.74) is -0.496. The minimum absolute atomic E-state index is 0.0499. The first kappa shape index (κ1) is 20.7. The molecule has 138 valence electrons. The van der Waals surface area contributed by atoms with Crippen molar-refractivity contribution in [3.05, 3.63) is 35.4 Å². The van der Waals surface area contributed by atoms with Gasteiger partial charge in [0.25, 0.3) is 5.91 Å². The molecule has 0 aliphatic rings. The quantitative estimate of drug-likeness (QED) is 0.706. The van der Waals surface area contributed by atoms with E-state index in [1.165, 1.54) is 6.92 Å². The molecular formula is C19H28N2O4. The van der Waals surface area contributed by atoms with Gasteiger partial charge in [0, 0.05) is 17.5 Å². The Morgan fingerprint density at radius 2 is 1.60 bits per heavy atom. The molecule has 0 radical (unpaired) electrons. The zero-order valence-corrected chi connectivity index (χ0v) is 15.6. The van der Waals surface area contributed by atoms with E-state index >= 15 is 0 Å². The molecule has 0 aliphatic carbocycles. The van der Waals surface area contributed by atoms with E-state index < -0.39 is 22.8 Å². The van der Waals surface area contributed by atoms with Crippen molar-refractivity contribution in [2.75, 3.05) is 0 Å². The smallest absolute Gasteiger partial charge is 0.329 e. The summed E-state index contributed by atoms with van der Waals surface area (Å²) in [6.45, 7) is 9.27. The summed E-state index contributed by atoms with van der Waals surface area (Å²) < 4.78 is 0. The molecule has 0 aliphatic heterocycles. The standard InChI is InChI=1S/C19H28N2O4/c1-6-11-19(5,17(24)25)21-15(22)14-9-7-13(8-10-14)12-20-16(23)18(2,3)4/h7-10H,6,11-12H2,1-5H3,(H,20,23)(H,21,22)(H,24,25). The van der Waals surface area contributed by atoms with Crippen molar-refractivity contribution >= 4 is 17.8 Å². The van der Waals surface area contributed by atoms with Gasteiger partial charge in [0.05, 0.1) is 0 Å². The van der Waals surface area contributed by atoms with Crippen molar-refractivity contribution < 1.29 is 19.5 Å². The molecule has 3 N–H and O–H groups in total. The van der Waals surface area contributed by atoms with Crippen LogP contribution in [0.25, 0.3) is 0 Å². The van der Waals surface area contributed by atoms with Crippen LogP contribution in [0.2, 0.25) is 0 Å². The summed E-state index contributed by atoms with van der Waals surface area (Å²) in [5.74, 6) is -1.53. The van der Waals surface area contributed by atoms with Crippen LogP contribution < -0.4 is 10.6 Å². The number of carboxylic acids is 1. The number of hydrogen-bond acceptors (Lipinski definition) is 3. The third kappa shape index (κ3) is 5.89. The second kappa shape index (κ2) is 8.14. The van der Waals surface area contributed by atoms with Crippen molar-refractivity contribution in [3.8, 4) is 0 Å². The van der Waals surface area contributed by atoms with Gasteiger partial charge in [0.15, 0.2) is 0 Å². The Hall–Kier alpha value is -2.37. The number of benzene rings is 1. The normalized spacial score (nSPS) is 13.6. The molecule has 6 heteroatoms. The number of nitrogens with one attached hydrogen (secondary N) is 2. The van der Waals surface area contributed by atoms with E-state index in [1.54, 1.807) is 24.3 Å². The van der Waals surface area contributed by atoms with Gasteiger partial charge in [0.2, 0.25) is 5.91 Å². The molecular weight excluding hydrogens is 320 g/mol. The van der Waals surface area contributed by atoms with Crippen molar-refractivity contribution in [1.29, 1.82) is 0 Å². The lowest BCUT2D eigenvalue weighted by Crippen LogP contribution is -2.52. The zero-order valence-electron chi connectivity index (χ0n) is 15.6. The molecule has 1 aromatic carbocycles. The largest absolute Gasteiger partial charge is 0.480 e. The maximum atomic E-state index is 12.3. The van der Waals surface area contributed by atoms with Crippen LogP contribution in [-0.4, -0.2) is 28.4 Å². The average Bonchev–Trinajstić information content (AvgIpc) is 2.52. The molecule has 25 heavy (non-hydrogen) atoms. The highest BCUT2D eigenvalue weighted by molar-refractivity contribution is 5.97. The van der Waals surface area contributed by atoms with Gasteiger partial charge in [-0.3, -0.25) is 9.59 Å². The number of amides is 2. The van der Waals surface area contributed by atoms with E-state index in [9.17, 15) is 19.5 Å². The number of rotatable bonds is 7. The van der Waals surface area contributed by atoms with E-state index in [1.807, 2.05) is 27.7 Å². The fourth-order valence-electron chi connectivity index (χ4n) is 2.27. The van der Waals surface area contributed by atoms with Gasteiger partial charge in [-0.25, -0.2) is 4.79 Å². The topological polar surface area (TPSA) is 95.5 Å². The molecule has 0 fully saturated rings. The molecule has 1 rings (SSSR count). The van der Waals surface area contributed by atoms with Crippen LogP contribution in [-0.2, 0) is 16.1 Å². The number of carboxylic acid groups (broad SMARTS) is 1. The molecule has 0 bridgehead atoms. The Bertz CT molecular complexity index is 632. The van der Waals surface area contributed by atoms with Crippen LogP contribution in [0, 0.1) is 5.41 Å². The van der Waals surface area contributed by atoms with Crippen LogP contribution in [0.1, 0.15) is 63.4 Å². The van der Waals surface area contributed by atoms with Gasteiger partial charge in [-0.15, -0.1) is 0 Å². The first-order valence-electron chi connectivity index (χ1n) is 8.43. The lowest BCUT2D eigenvalue weighted by molar-refractivity contribution is -0.144. The number of hydrogen-bond donors (Lipinski definition) is 3. The van der Waals surface area contributed by atoms with Crippen molar-refractivity contribution in [2.45, 2.75) is 59.5 Å². The fraction of sp³-hybridized carbons (Fsp3) is 0.526. The first-order valence-corrected chi connectivity index (χ1v) is 8.43. The summed E-state index contributed by atoms with van der Waals surface area (Å²) >= 11 is 0. The second-order valence-electron chi connectivity index (χ2n) is 7.47. The minimum Gasteiger partial charge on any atom is -0.480 e. The molecule has 1 aromatic rings. The van der Waals surface area contributed by atoms with E-state index in [4.69, 9.17) is 0 Å². The molecule has 2 amide bonds. The van der Waals surface area contributed by atoms with Gasteiger partial charge in [-0.2, -0.15) is 0 Å². The zero-order chi connectivity index (χ0) is 19.3. The monoisotopic (exact) mass is 348 g/mol. The minimum atomic E-state index is -1.29. The number of aliphatic carboxylic acids is 1. The predicted octanol–water partition coefficient (Wildman–Crippen LogP) is 2.72. The highest BCUT2D eigenvalue weighted by atomic mass is 16.4. The van der Waals surface area contributed by atoms with E-state index in [0.717, 1.165) is 5.56 Å². The summed E-state index contributed by atoms with van der Waals surface area (Å²) in [6.07, 6.45) is 1.00. The van der Waals surface area contributed by atoms with Crippen LogP contribution in [0.5, 0.6) is 0 Å². The summed E-state index contributed by atoms with van der Waals surface area (Å²) in [6, 6.07) is 6.75. The fourth-order valence-corrected chi connectivity index (χ4v) is 2.27. The Balaban J connectivity index is 2.74. The first-order chi connectivity index (χ1) is 11.5. The third-order valence-electron chi connectivity index (χ3n) is 3.96. The number of carbonyl (C=O) groups is 3. The molecule has 0 saturated heterocycles. The van der Waals surface area contributed by atoms with Crippen molar-refractivity contribution in [3.63, 3.8) is 0 Å². The molecule has 1 atom stereocenters. The van der Waals surface area contributed by atoms with Gasteiger partial charge in [0.1, 0.15) is 5.54 Å². The van der Waals surface area contributed by atoms with E-state index in [2.05, 4.69) is 10.6 Å². The average molecular weight is 348 g/mol. The molecule has 0 aromatic heterocycles. The maximum Gasteiger partial charge on any atom is 0.329 e. The van der Waals surface area contributed by atoms with Crippen molar-refractivity contribution in [2.24, 2.45) is 5.41 Å². The van der Waals surface area contributed by atoms with Crippen LogP contribution in [0.3, 0.4) is 0 Å². The maximum absolute atomic E-state index is 12.3. The van der Waals surface area contributed by atoms with E-state index in [0.29, 0.717) is 24.9 Å². The lowest BCUT2D eigenvalue weighted by atomic mass is 9.95. The molecule has 6 nitrogen and oxygen atoms in total. The predicted molar refractivity (Wildman–Crippen MR) is 96.2 cm³/mol. The molecule has 0 saturated carbocycles. The summed E-state index contributed by atoms with van der Waals surface area (Å²) in [7, 11) is 0. The van der Waals surface area contributed by atoms with E-state index in [-0.39, 0.29) is 5.91 Å². The molecule has 0 spiro atoms. The Morgan fingerprint density at radius 1 is 1.04 bits per heavy atom. The third-order valence-corrected chi connectivity index (χ3v) is 3.96. The lowest BCUT2D eigenvalue weighted by Gasteiger charge is -2.25. The Kier molecular flexibility index (Phi) is 6.73. The van der Waals surface area contributed by atoms with Gasteiger partial charge >= 0.3 is 5.97 Å². The Morgan fingerprint density at radius 3 is 2.04 bits per heavy atom. The highest BCUT2D eigenvalue weighted by Crippen LogP contribution is 2.15. The summed E-state index contributed by atoms with van der Waals surface area (Å²) in [5, 5.41) is 14.8. The van der Waals surface area contributed by atoms with Crippen LogP contribution in [0.15, 0.2) is 24.3 Å². The molecule has 0 heterocycles.